The lowest BCUT2D eigenvalue weighted by atomic mass is 9.99. The van der Waals surface area contributed by atoms with Crippen molar-refractivity contribution in [3.05, 3.63) is 35.7 Å². The van der Waals surface area contributed by atoms with E-state index in [1.165, 1.54) is 30.2 Å². The molecule has 0 aliphatic heterocycles. The van der Waals surface area contributed by atoms with Crippen LogP contribution in [0.1, 0.15) is 20.3 Å². The highest BCUT2D eigenvalue weighted by Gasteiger charge is 2.26. The molecule has 0 unspecified atom stereocenters. The molecule has 0 spiro atoms. The molecule has 2 rings (SSSR count). The first kappa shape index (κ1) is 19.5. The minimum absolute atomic E-state index is 0.0194. The number of thiazole rings is 1. The van der Waals surface area contributed by atoms with E-state index in [4.69, 9.17) is 4.74 Å². The number of hydrogen-bond donors (Lipinski definition) is 1. The summed E-state index contributed by atoms with van der Waals surface area (Å²) in [6, 6.07) is 9.30. The molecule has 0 aliphatic rings. The van der Waals surface area contributed by atoms with Crippen molar-refractivity contribution in [1.29, 1.82) is 0 Å². The number of methoxy groups -OCH3 is 1. The SMILES string of the molecule is CC[C@H](C)[C@@H](NC(=O)CSc1nc(-c2ccccc2)cs1)C(=O)OC. The van der Waals surface area contributed by atoms with Crippen LogP contribution in [0.3, 0.4) is 0 Å². The van der Waals surface area contributed by atoms with E-state index in [0.29, 0.717) is 0 Å². The molecule has 0 saturated heterocycles. The molecule has 134 valence electrons. The van der Waals surface area contributed by atoms with Crippen molar-refractivity contribution >= 4 is 35.0 Å². The molecule has 0 radical (unpaired) electrons. The second kappa shape index (κ2) is 9.58. The minimum atomic E-state index is -0.612. The summed E-state index contributed by atoms with van der Waals surface area (Å²) in [5.41, 5.74) is 1.96. The highest BCUT2D eigenvalue weighted by atomic mass is 32.2. The highest BCUT2D eigenvalue weighted by molar-refractivity contribution is 8.01. The summed E-state index contributed by atoms with van der Waals surface area (Å²) < 4.78 is 5.61. The summed E-state index contributed by atoms with van der Waals surface area (Å²) in [7, 11) is 1.33. The van der Waals surface area contributed by atoms with Crippen molar-refractivity contribution in [3.63, 3.8) is 0 Å². The molecule has 0 fully saturated rings. The number of rotatable bonds is 8. The van der Waals surface area contributed by atoms with Crippen molar-refractivity contribution in [2.75, 3.05) is 12.9 Å². The first-order chi connectivity index (χ1) is 12.0. The van der Waals surface area contributed by atoms with Gasteiger partial charge in [0.15, 0.2) is 4.34 Å². The molecular weight excluding hydrogens is 356 g/mol. The normalized spacial score (nSPS) is 13.1. The quantitative estimate of drug-likeness (QED) is 0.561. The number of amides is 1. The maximum atomic E-state index is 12.2. The average Bonchev–Trinajstić information content (AvgIpc) is 3.13. The first-order valence-corrected chi connectivity index (χ1v) is 9.92. The zero-order valence-corrected chi connectivity index (χ0v) is 16.2. The van der Waals surface area contributed by atoms with Crippen molar-refractivity contribution in [2.45, 2.75) is 30.6 Å². The molecule has 1 aromatic heterocycles. The largest absolute Gasteiger partial charge is 0.467 e. The van der Waals surface area contributed by atoms with Gasteiger partial charge in [0.1, 0.15) is 6.04 Å². The van der Waals surface area contributed by atoms with Gasteiger partial charge < -0.3 is 10.1 Å². The van der Waals surface area contributed by atoms with Crippen LogP contribution < -0.4 is 5.32 Å². The fourth-order valence-electron chi connectivity index (χ4n) is 2.20. The molecule has 7 heteroatoms. The second-order valence-corrected chi connectivity index (χ2v) is 7.69. The lowest BCUT2D eigenvalue weighted by Crippen LogP contribution is -2.46. The van der Waals surface area contributed by atoms with Gasteiger partial charge in [-0.15, -0.1) is 11.3 Å². The molecule has 0 saturated carbocycles. The summed E-state index contributed by atoms with van der Waals surface area (Å²) >= 11 is 2.87. The average molecular weight is 379 g/mol. The Labute approximate surface area is 156 Å². The van der Waals surface area contributed by atoms with Crippen LogP contribution in [0.2, 0.25) is 0 Å². The molecule has 1 amide bonds. The number of esters is 1. The van der Waals surface area contributed by atoms with E-state index in [0.717, 1.165) is 22.0 Å². The van der Waals surface area contributed by atoms with Crippen LogP contribution in [0.15, 0.2) is 40.1 Å². The highest BCUT2D eigenvalue weighted by Crippen LogP contribution is 2.28. The predicted octanol–water partition coefficient (Wildman–Crippen LogP) is 3.61. The van der Waals surface area contributed by atoms with Crippen molar-refractivity contribution < 1.29 is 14.3 Å². The molecule has 0 aliphatic carbocycles. The number of benzene rings is 1. The third-order valence-corrected chi connectivity index (χ3v) is 5.89. The maximum Gasteiger partial charge on any atom is 0.328 e. The number of aromatic nitrogens is 1. The van der Waals surface area contributed by atoms with Crippen LogP contribution >= 0.6 is 23.1 Å². The third-order valence-electron chi connectivity index (χ3n) is 3.86. The van der Waals surface area contributed by atoms with Crippen LogP contribution in [-0.4, -0.2) is 35.8 Å². The molecule has 2 atom stereocenters. The Morgan fingerprint density at radius 2 is 2.04 bits per heavy atom. The lowest BCUT2D eigenvalue weighted by Gasteiger charge is -2.21. The Balaban J connectivity index is 1.91. The van der Waals surface area contributed by atoms with E-state index in [9.17, 15) is 9.59 Å². The van der Waals surface area contributed by atoms with Crippen molar-refractivity contribution in [2.24, 2.45) is 5.92 Å². The number of hydrogen-bond acceptors (Lipinski definition) is 6. The van der Waals surface area contributed by atoms with Gasteiger partial charge in [0.25, 0.3) is 0 Å². The van der Waals surface area contributed by atoms with Gasteiger partial charge in [-0.25, -0.2) is 9.78 Å². The van der Waals surface area contributed by atoms with Gasteiger partial charge in [0.05, 0.1) is 18.6 Å². The van der Waals surface area contributed by atoms with Crippen LogP contribution in [0, 0.1) is 5.92 Å². The smallest absolute Gasteiger partial charge is 0.328 e. The number of nitrogens with one attached hydrogen (secondary N) is 1. The number of carbonyl (C=O) groups excluding carboxylic acids is 2. The fourth-order valence-corrected chi connectivity index (χ4v) is 3.85. The van der Waals surface area contributed by atoms with Gasteiger partial charge in [0.2, 0.25) is 5.91 Å². The standard InChI is InChI=1S/C18H22N2O3S2/c1-4-12(2)16(17(22)23-3)20-15(21)11-25-18-19-14(10-24-18)13-8-6-5-7-9-13/h5-10,12,16H,4,11H2,1-3H3,(H,20,21)/t12-,16+/m0/s1. The van der Waals surface area contributed by atoms with E-state index in [2.05, 4.69) is 10.3 Å². The molecule has 5 nitrogen and oxygen atoms in total. The number of ether oxygens (including phenoxy) is 1. The zero-order valence-electron chi connectivity index (χ0n) is 14.5. The Bertz CT molecular complexity index is 703. The molecule has 0 bridgehead atoms. The van der Waals surface area contributed by atoms with Crippen molar-refractivity contribution in [3.8, 4) is 11.3 Å². The van der Waals surface area contributed by atoms with E-state index >= 15 is 0 Å². The van der Waals surface area contributed by atoms with E-state index < -0.39 is 12.0 Å². The van der Waals surface area contributed by atoms with Crippen LogP contribution in [0.5, 0.6) is 0 Å². The van der Waals surface area contributed by atoms with E-state index in [1.54, 1.807) is 0 Å². The molecule has 1 aromatic carbocycles. The molecule has 2 aromatic rings. The van der Waals surface area contributed by atoms with Gasteiger partial charge in [0, 0.05) is 10.9 Å². The van der Waals surface area contributed by atoms with Crippen LogP contribution in [-0.2, 0) is 14.3 Å². The Morgan fingerprint density at radius 3 is 2.68 bits per heavy atom. The third kappa shape index (κ3) is 5.57. The number of carbonyl (C=O) groups is 2. The summed E-state index contributed by atoms with van der Waals surface area (Å²) in [6.07, 6.45) is 0.778. The summed E-state index contributed by atoms with van der Waals surface area (Å²) in [6.45, 7) is 3.89. The van der Waals surface area contributed by atoms with Gasteiger partial charge >= 0.3 is 5.97 Å². The topological polar surface area (TPSA) is 68.3 Å². The number of nitrogens with zero attached hydrogens (tertiary/aromatic N) is 1. The monoisotopic (exact) mass is 378 g/mol. The minimum Gasteiger partial charge on any atom is -0.467 e. The van der Waals surface area contributed by atoms with Crippen molar-refractivity contribution in [1.82, 2.24) is 10.3 Å². The van der Waals surface area contributed by atoms with E-state index in [1.807, 2.05) is 49.6 Å². The van der Waals surface area contributed by atoms with Gasteiger partial charge in [-0.1, -0.05) is 62.4 Å². The van der Waals surface area contributed by atoms with Gasteiger partial charge in [-0.3, -0.25) is 4.79 Å². The Morgan fingerprint density at radius 1 is 1.32 bits per heavy atom. The molecule has 1 heterocycles. The summed E-state index contributed by atoms with van der Waals surface area (Å²) in [5, 5.41) is 4.75. The molecule has 25 heavy (non-hydrogen) atoms. The lowest BCUT2D eigenvalue weighted by molar-refractivity contribution is -0.146. The molecular formula is C18H22N2O3S2. The summed E-state index contributed by atoms with van der Waals surface area (Å²) in [5.74, 6) is -0.373. The van der Waals surface area contributed by atoms with E-state index in [-0.39, 0.29) is 17.6 Å². The van der Waals surface area contributed by atoms with Crippen LogP contribution in [0.4, 0.5) is 0 Å². The Hall–Kier alpha value is -1.86. The second-order valence-electron chi connectivity index (χ2n) is 5.61. The fraction of sp³-hybridized carbons (Fsp3) is 0.389. The van der Waals surface area contributed by atoms with Crippen LogP contribution in [0.25, 0.3) is 11.3 Å². The summed E-state index contributed by atoms with van der Waals surface area (Å²) in [4.78, 5) is 28.6. The Kier molecular flexibility index (Phi) is 7.46. The zero-order chi connectivity index (χ0) is 18.2. The first-order valence-electron chi connectivity index (χ1n) is 8.06. The maximum absolute atomic E-state index is 12.2. The van der Waals surface area contributed by atoms with Gasteiger partial charge in [-0.2, -0.15) is 0 Å². The predicted molar refractivity (Wildman–Crippen MR) is 102 cm³/mol. The number of thioether (sulfide) groups is 1. The molecule has 1 N–H and O–H groups in total. The van der Waals surface area contributed by atoms with Gasteiger partial charge in [-0.05, 0) is 5.92 Å².